The van der Waals surface area contributed by atoms with Crippen molar-refractivity contribution in [1.82, 2.24) is 5.32 Å². The standard InChI is InChI=1S/C14H22BrNO/c1-10(2)5-7-13(16-3)11-6-8-14(17-4)12(15)9-11/h6,8-10,13,16H,5,7H2,1-4H3. The van der Waals surface area contributed by atoms with Crippen LogP contribution in [0.4, 0.5) is 0 Å². The fraction of sp³-hybridized carbons (Fsp3) is 0.571. The van der Waals surface area contributed by atoms with Crippen LogP contribution in [0.5, 0.6) is 5.75 Å². The van der Waals surface area contributed by atoms with Crippen molar-refractivity contribution in [2.75, 3.05) is 14.2 Å². The third kappa shape index (κ3) is 4.32. The number of nitrogens with one attached hydrogen (secondary N) is 1. The highest BCUT2D eigenvalue weighted by atomic mass is 79.9. The van der Waals surface area contributed by atoms with Gasteiger partial charge in [-0.05, 0) is 59.4 Å². The molecule has 0 spiro atoms. The zero-order valence-electron chi connectivity index (χ0n) is 11.1. The Bertz CT molecular complexity index is 352. The molecule has 1 rings (SSSR count). The quantitative estimate of drug-likeness (QED) is 0.852. The minimum absolute atomic E-state index is 0.416. The first kappa shape index (κ1) is 14.5. The van der Waals surface area contributed by atoms with Crippen LogP contribution >= 0.6 is 15.9 Å². The van der Waals surface area contributed by atoms with Gasteiger partial charge in [0.05, 0.1) is 11.6 Å². The third-order valence-corrected chi connectivity index (χ3v) is 3.58. The van der Waals surface area contributed by atoms with Crippen LogP contribution in [0.1, 0.15) is 38.3 Å². The number of halogens is 1. The van der Waals surface area contributed by atoms with Crippen molar-refractivity contribution in [3.63, 3.8) is 0 Å². The maximum Gasteiger partial charge on any atom is 0.133 e. The third-order valence-electron chi connectivity index (χ3n) is 2.96. The molecule has 1 aromatic rings. The molecule has 0 heterocycles. The van der Waals surface area contributed by atoms with Gasteiger partial charge in [0.15, 0.2) is 0 Å². The highest BCUT2D eigenvalue weighted by molar-refractivity contribution is 9.10. The predicted molar refractivity (Wildman–Crippen MR) is 76.6 cm³/mol. The van der Waals surface area contributed by atoms with Gasteiger partial charge in [-0.3, -0.25) is 0 Å². The molecular formula is C14H22BrNO. The van der Waals surface area contributed by atoms with Gasteiger partial charge >= 0.3 is 0 Å². The molecule has 3 heteroatoms. The van der Waals surface area contributed by atoms with Gasteiger partial charge in [-0.2, -0.15) is 0 Å². The van der Waals surface area contributed by atoms with E-state index < -0.39 is 0 Å². The summed E-state index contributed by atoms with van der Waals surface area (Å²) in [6, 6.07) is 6.70. The first-order valence-electron chi connectivity index (χ1n) is 6.09. The van der Waals surface area contributed by atoms with Crippen LogP contribution in [0.15, 0.2) is 22.7 Å². The highest BCUT2D eigenvalue weighted by Gasteiger charge is 2.11. The molecule has 0 aliphatic carbocycles. The Morgan fingerprint density at radius 3 is 2.47 bits per heavy atom. The largest absolute Gasteiger partial charge is 0.496 e. The molecule has 0 aliphatic rings. The predicted octanol–water partition coefficient (Wildman–Crippen LogP) is 4.15. The molecule has 1 unspecified atom stereocenters. The molecule has 1 N–H and O–H groups in total. The Kier molecular flexibility index (Phi) is 6.00. The van der Waals surface area contributed by atoms with Crippen LogP contribution in [0.3, 0.4) is 0 Å². The van der Waals surface area contributed by atoms with E-state index in [2.05, 4.69) is 47.2 Å². The van der Waals surface area contributed by atoms with E-state index in [1.54, 1.807) is 7.11 Å². The van der Waals surface area contributed by atoms with Gasteiger partial charge in [-0.25, -0.2) is 0 Å². The van der Waals surface area contributed by atoms with Gasteiger partial charge in [-0.1, -0.05) is 19.9 Å². The Hall–Kier alpha value is -0.540. The van der Waals surface area contributed by atoms with E-state index in [-0.39, 0.29) is 0 Å². The lowest BCUT2D eigenvalue weighted by Crippen LogP contribution is -2.17. The monoisotopic (exact) mass is 299 g/mol. The number of ether oxygens (including phenoxy) is 1. The summed E-state index contributed by atoms with van der Waals surface area (Å²) in [6.45, 7) is 4.52. The van der Waals surface area contributed by atoms with E-state index in [1.165, 1.54) is 12.0 Å². The smallest absolute Gasteiger partial charge is 0.133 e. The molecule has 0 fully saturated rings. The van der Waals surface area contributed by atoms with Crippen LogP contribution < -0.4 is 10.1 Å². The van der Waals surface area contributed by atoms with Crippen LogP contribution in [-0.4, -0.2) is 14.2 Å². The molecule has 0 aromatic heterocycles. The molecule has 2 nitrogen and oxygen atoms in total. The van der Waals surface area contributed by atoms with E-state index in [4.69, 9.17) is 4.74 Å². The highest BCUT2D eigenvalue weighted by Crippen LogP contribution is 2.29. The second-order valence-electron chi connectivity index (χ2n) is 4.71. The van der Waals surface area contributed by atoms with Crippen molar-refractivity contribution in [2.24, 2.45) is 5.92 Å². The second kappa shape index (κ2) is 7.02. The minimum Gasteiger partial charge on any atom is -0.496 e. The molecule has 0 amide bonds. The van der Waals surface area contributed by atoms with E-state index in [0.29, 0.717) is 6.04 Å². The number of hydrogen-bond acceptors (Lipinski definition) is 2. The Morgan fingerprint density at radius 2 is 2.00 bits per heavy atom. The molecular weight excluding hydrogens is 278 g/mol. The minimum atomic E-state index is 0.416. The lowest BCUT2D eigenvalue weighted by Gasteiger charge is -2.18. The topological polar surface area (TPSA) is 21.3 Å². The molecule has 0 bridgehead atoms. The summed E-state index contributed by atoms with van der Waals surface area (Å²) in [6.07, 6.45) is 2.39. The van der Waals surface area contributed by atoms with Crippen molar-refractivity contribution in [3.05, 3.63) is 28.2 Å². The van der Waals surface area contributed by atoms with Crippen molar-refractivity contribution < 1.29 is 4.74 Å². The van der Waals surface area contributed by atoms with E-state index in [0.717, 1.165) is 22.6 Å². The van der Waals surface area contributed by atoms with Crippen LogP contribution in [0.25, 0.3) is 0 Å². The number of hydrogen-bond donors (Lipinski definition) is 1. The Labute approximate surface area is 113 Å². The summed E-state index contributed by atoms with van der Waals surface area (Å²) in [7, 11) is 3.71. The molecule has 17 heavy (non-hydrogen) atoms. The summed E-state index contributed by atoms with van der Waals surface area (Å²) in [4.78, 5) is 0. The van der Waals surface area contributed by atoms with Crippen molar-refractivity contribution in [2.45, 2.75) is 32.7 Å². The summed E-state index contributed by atoms with van der Waals surface area (Å²) >= 11 is 3.53. The molecule has 0 aliphatic heterocycles. The maximum absolute atomic E-state index is 5.24. The molecule has 1 aromatic carbocycles. The van der Waals surface area contributed by atoms with Gasteiger partial charge in [0.1, 0.15) is 5.75 Å². The normalized spacial score (nSPS) is 12.8. The van der Waals surface area contributed by atoms with Crippen LogP contribution in [-0.2, 0) is 0 Å². The second-order valence-corrected chi connectivity index (χ2v) is 5.56. The zero-order valence-corrected chi connectivity index (χ0v) is 12.7. The summed E-state index contributed by atoms with van der Waals surface area (Å²) in [5, 5.41) is 3.38. The fourth-order valence-electron chi connectivity index (χ4n) is 1.88. The summed E-state index contributed by atoms with van der Waals surface area (Å²) in [5.74, 6) is 1.63. The number of methoxy groups -OCH3 is 1. The Morgan fingerprint density at radius 1 is 1.29 bits per heavy atom. The average molecular weight is 300 g/mol. The van der Waals surface area contributed by atoms with E-state index in [1.807, 2.05) is 13.1 Å². The molecule has 0 radical (unpaired) electrons. The first-order chi connectivity index (χ1) is 8.08. The molecule has 96 valence electrons. The van der Waals surface area contributed by atoms with Gasteiger partial charge in [0.25, 0.3) is 0 Å². The fourth-order valence-corrected chi connectivity index (χ4v) is 2.44. The van der Waals surface area contributed by atoms with Gasteiger partial charge in [-0.15, -0.1) is 0 Å². The summed E-state index contributed by atoms with van der Waals surface area (Å²) < 4.78 is 6.26. The van der Waals surface area contributed by atoms with E-state index in [9.17, 15) is 0 Å². The van der Waals surface area contributed by atoms with Crippen molar-refractivity contribution >= 4 is 15.9 Å². The van der Waals surface area contributed by atoms with Crippen LogP contribution in [0, 0.1) is 5.92 Å². The van der Waals surface area contributed by atoms with Crippen molar-refractivity contribution in [1.29, 1.82) is 0 Å². The maximum atomic E-state index is 5.24. The van der Waals surface area contributed by atoms with Crippen LogP contribution in [0.2, 0.25) is 0 Å². The van der Waals surface area contributed by atoms with Gasteiger partial charge in [0, 0.05) is 6.04 Å². The SMILES string of the molecule is CNC(CCC(C)C)c1ccc(OC)c(Br)c1. The lowest BCUT2D eigenvalue weighted by molar-refractivity contribution is 0.411. The average Bonchev–Trinajstić information content (AvgIpc) is 2.29. The molecule has 1 atom stereocenters. The first-order valence-corrected chi connectivity index (χ1v) is 6.88. The number of benzene rings is 1. The molecule has 0 saturated carbocycles. The van der Waals surface area contributed by atoms with Gasteiger partial charge in [0.2, 0.25) is 0 Å². The number of rotatable bonds is 6. The molecule has 0 saturated heterocycles. The van der Waals surface area contributed by atoms with Crippen molar-refractivity contribution in [3.8, 4) is 5.75 Å². The summed E-state index contributed by atoms with van der Waals surface area (Å²) in [5.41, 5.74) is 1.31. The van der Waals surface area contributed by atoms with E-state index >= 15 is 0 Å². The van der Waals surface area contributed by atoms with Gasteiger partial charge < -0.3 is 10.1 Å². The lowest BCUT2D eigenvalue weighted by atomic mass is 9.98. The Balaban J connectivity index is 2.78. The zero-order chi connectivity index (χ0) is 12.8.